The van der Waals surface area contributed by atoms with E-state index >= 15 is 0 Å². The zero-order chi connectivity index (χ0) is 21.8. The number of aromatic amines is 1. The highest BCUT2D eigenvalue weighted by molar-refractivity contribution is 5.93. The first-order valence-electron chi connectivity index (χ1n) is 9.67. The van der Waals surface area contributed by atoms with Crippen LogP contribution in [0.4, 0.5) is 0 Å². The van der Waals surface area contributed by atoms with E-state index in [9.17, 15) is 14.4 Å². The third-order valence-corrected chi connectivity index (χ3v) is 4.94. The molecule has 2 aromatic carbocycles. The molecule has 9 heteroatoms. The third kappa shape index (κ3) is 4.45. The van der Waals surface area contributed by atoms with Crippen molar-refractivity contribution in [3.63, 3.8) is 0 Å². The van der Waals surface area contributed by atoms with Crippen LogP contribution in [0.15, 0.2) is 58.3 Å². The Labute approximate surface area is 177 Å². The molecule has 31 heavy (non-hydrogen) atoms. The van der Waals surface area contributed by atoms with Crippen molar-refractivity contribution in [3.8, 4) is 17.2 Å². The number of H-pyrrole nitrogens is 1. The van der Waals surface area contributed by atoms with Gasteiger partial charge in [0.25, 0.3) is 11.5 Å². The highest BCUT2D eigenvalue weighted by Crippen LogP contribution is 2.32. The molecule has 9 nitrogen and oxygen atoms in total. The van der Waals surface area contributed by atoms with Gasteiger partial charge in [0.1, 0.15) is 11.3 Å². The Balaban J connectivity index is 1.45. The number of fused-ring (bicyclic) bond motifs is 1. The molecule has 0 unspecified atom stereocenters. The largest absolute Gasteiger partial charge is 0.497 e. The van der Waals surface area contributed by atoms with Crippen LogP contribution in [0.25, 0.3) is 0 Å². The number of aromatic nitrogens is 2. The molecule has 4 rings (SSSR count). The van der Waals surface area contributed by atoms with Crippen molar-refractivity contribution in [2.45, 2.75) is 13.0 Å². The van der Waals surface area contributed by atoms with Crippen LogP contribution in [0.3, 0.4) is 0 Å². The second-order valence-electron chi connectivity index (χ2n) is 6.94. The predicted octanol–water partition coefficient (Wildman–Crippen LogP) is 1.29. The summed E-state index contributed by atoms with van der Waals surface area (Å²) >= 11 is 0. The van der Waals surface area contributed by atoms with Crippen molar-refractivity contribution >= 4 is 5.91 Å². The van der Waals surface area contributed by atoms with Crippen LogP contribution in [-0.4, -0.2) is 35.9 Å². The number of carbonyl (C=O) groups excluding carboxylic acids is 1. The number of ether oxygens (including phenoxy) is 3. The van der Waals surface area contributed by atoms with Gasteiger partial charge in [0.15, 0.2) is 11.5 Å². The predicted molar refractivity (Wildman–Crippen MR) is 112 cm³/mol. The number of carbonyl (C=O) groups is 1. The Bertz CT molecular complexity index is 1210. The Hall–Kier alpha value is -4.01. The lowest BCUT2D eigenvalue weighted by Crippen LogP contribution is -2.41. The number of nitrogens with zero attached hydrogens (tertiary/aromatic N) is 1. The summed E-state index contributed by atoms with van der Waals surface area (Å²) in [6.45, 7) is 0.467. The van der Waals surface area contributed by atoms with Crippen molar-refractivity contribution in [3.05, 3.63) is 86.2 Å². The van der Waals surface area contributed by atoms with Crippen LogP contribution < -0.4 is 30.8 Å². The SMILES string of the molecule is COc1ccc(CCNC(=O)c2c[nH]c(=O)n(Cc3ccc4c(c3)OCO4)c2=O)cc1. The minimum Gasteiger partial charge on any atom is -0.497 e. The molecule has 0 saturated heterocycles. The number of amides is 1. The number of methoxy groups -OCH3 is 1. The zero-order valence-corrected chi connectivity index (χ0v) is 16.8. The average Bonchev–Trinajstić information content (AvgIpc) is 3.25. The summed E-state index contributed by atoms with van der Waals surface area (Å²) in [4.78, 5) is 40.0. The van der Waals surface area contributed by atoms with Crippen LogP contribution in [0.2, 0.25) is 0 Å². The van der Waals surface area contributed by atoms with E-state index in [0.717, 1.165) is 22.1 Å². The van der Waals surface area contributed by atoms with Crippen molar-refractivity contribution in [2.75, 3.05) is 20.4 Å². The molecule has 0 spiro atoms. The van der Waals surface area contributed by atoms with Gasteiger partial charge in [-0.15, -0.1) is 0 Å². The summed E-state index contributed by atoms with van der Waals surface area (Å²) in [7, 11) is 1.60. The molecular formula is C22H21N3O6. The van der Waals surface area contributed by atoms with Gasteiger partial charge in [0.05, 0.1) is 13.7 Å². The van der Waals surface area contributed by atoms with Gasteiger partial charge in [0, 0.05) is 12.7 Å². The van der Waals surface area contributed by atoms with Gasteiger partial charge in [-0.05, 0) is 41.8 Å². The fourth-order valence-corrected chi connectivity index (χ4v) is 3.25. The van der Waals surface area contributed by atoms with E-state index in [1.165, 1.54) is 0 Å². The quantitative estimate of drug-likeness (QED) is 0.593. The van der Waals surface area contributed by atoms with Crippen LogP contribution in [0, 0.1) is 0 Å². The molecule has 0 saturated carbocycles. The molecule has 3 aromatic rings. The minimum absolute atomic E-state index is 0.00221. The van der Waals surface area contributed by atoms with Crippen LogP contribution in [0.1, 0.15) is 21.5 Å². The molecule has 160 valence electrons. The lowest BCUT2D eigenvalue weighted by molar-refractivity contribution is 0.0951. The maximum atomic E-state index is 12.8. The number of rotatable bonds is 7. The van der Waals surface area contributed by atoms with Crippen molar-refractivity contribution in [2.24, 2.45) is 0 Å². The second kappa shape index (κ2) is 8.78. The topological polar surface area (TPSA) is 112 Å². The highest BCUT2D eigenvalue weighted by Gasteiger charge is 2.17. The third-order valence-electron chi connectivity index (χ3n) is 4.94. The number of hydrogen-bond donors (Lipinski definition) is 2. The molecule has 2 N–H and O–H groups in total. The fraction of sp³-hybridized carbons (Fsp3) is 0.227. The van der Waals surface area contributed by atoms with E-state index in [4.69, 9.17) is 14.2 Å². The van der Waals surface area contributed by atoms with E-state index in [1.807, 2.05) is 24.3 Å². The summed E-state index contributed by atoms with van der Waals surface area (Å²) in [6.07, 6.45) is 1.73. The van der Waals surface area contributed by atoms with Crippen molar-refractivity contribution < 1.29 is 19.0 Å². The highest BCUT2D eigenvalue weighted by atomic mass is 16.7. The summed E-state index contributed by atoms with van der Waals surface area (Å²) in [5, 5.41) is 2.72. The smallest absolute Gasteiger partial charge is 0.328 e. The monoisotopic (exact) mass is 423 g/mol. The fourth-order valence-electron chi connectivity index (χ4n) is 3.25. The second-order valence-corrected chi connectivity index (χ2v) is 6.94. The Morgan fingerprint density at radius 1 is 1.10 bits per heavy atom. The molecule has 0 fully saturated rings. The molecule has 0 bridgehead atoms. The molecule has 2 heterocycles. The lowest BCUT2D eigenvalue weighted by atomic mass is 10.1. The van der Waals surface area contributed by atoms with Crippen LogP contribution >= 0.6 is 0 Å². The van der Waals surface area contributed by atoms with E-state index < -0.39 is 17.2 Å². The van der Waals surface area contributed by atoms with Crippen molar-refractivity contribution in [1.82, 2.24) is 14.9 Å². The summed E-state index contributed by atoms with van der Waals surface area (Å²) in [5.41, 5.74) is 0.299. The molecule has 1 aliphatic rings. The Morgan fingerprint density at radius 2 is 1.84 bits per heavy atom. The average molecular weight is 423 g/mol. The van der Waals surface area contributed by atoms with Gasteiger partial charge >= 0.3 is 5.69 Å². The van der Waals surface area contributed by atoms with Gasteiger partial charge in [-0.25, -0.2) is 4.79 Å². The maximum Gasteiger partial charge on any atom is 0.328 e. The summed E-state index contributed by atoms with van der Waals surface area (Å²) in [6, 6.07) is 12.7. The molecule has 0 aliphatic carbocycles. The van der Waals surface area contributed by atoms with Gasteiger partial charge in [0.2, 0.25) is 6.79 Å². The molecule has 1 aliphatic heterocycles. The first-order chi connectivity index (χ1) is 15.0. The van der Waals surface area contributed by atoms with Crippen molar-refractivity contribution in [1.29, 1.82) is 0 Å². The van der Waals surface area contributed by atoms with Gasteiger partial charge in [-0.2, -0.15) is 0 Å². The molecular weight excluding hydrogens is 402 g/mol. The van der Waals surface area contributed by atoms with E-state index in [1.54, 1.807) is 25.3 Å². The van der Waals surface area contributed by atoms with Gasteiger partial charge < -0.3 is 24.5 Å². The number of nitrogens with one attached hydrogen (secondary N) is 2. The minimum atomic E-state index is -0.664. The first-order valence-corrected chi connectivity index (χ1v) is 9.67. The maximum absolute atomic E-state index is 12.8. The van der Waals surface area contributed by atoms with E-state index in [2.05, 4.69) is 10.3 Å². The zero-order valence-electron chi connectivity index (χ0n) is 16.8. The molecule has 1 aromatic heterocycles. The summed E-state index contributed by atoms with van der Waals surface area (Å²) < 4.78 is 16.7. The molecule has 0 radical (unpaired) electrons. The number of hydrogen-bond acceptors (Lipinski definition) is 6. The van der Waals surface area contributed by atoms with Crippen LogP contribution in [0.5, 0.6) is 17.2 Å². The first kappa shape index (κ1) is 20.3. The Morgan fingerprint density at radius 3 is 2.61 bits per heavy atom. The standard InChI is InChI=1S/C22H21N3O6/c1-29-16-5-2-14(3-6-16)8-9-23-20(26)17-11-24-22(28)25(21(17)27)12-15-4-7-18-19(10-15)31-13-30-18/h2-7,10-11H,8-9,12-13H2,1H3,(H,23,26)(H,24,28). The normalized spacial score (nSPS) is 11.9. The van der Waals surface area contributed by atoms with Gasteiger partial charge in [-0.3, -0.25) is 14.2 Å². The van der Waals surface area contributed by atoms with Gasteiger partial charge in [-0.1, -0.05) is 18.2 Å². The van der Waals surface area contributed by atoms with E-state index in [0.29, 0.717) is 30.0 Å². The Kier molecular flexibility index (Phi) is 5.74. The number of benzene rings is 2. The summed E-state index contributed by atoms with van der Waals surface area (Å²) in [5.74, 6) is 1.36. The van der Waals surface area contributed by atoms with E-state index in [-0.39, 0.29) is 18.9 Å². The molecule has 1 amide bonds. The lowest BCUT2D eigenvalue weighted by Gasteiger charge is -2.09. The van der Waals surface area contributed by atoms with Crippen LogP contribution in [-0.2, 0) is 13.0 Å². The molecule has 0 atom stereocenters.